The number of anilines is 1. The molecule has 0 saturated carbocycles. The summed E-state index contributed by atoms with van der Waals surface area (Å²) in [6.45, 7) is 7.11. The largest absolute Gasteiger partial charge is 0.444 e. The van der Waals surface area contributed by atoms with Crippen LogP contribution in [0, 0.1) is 0 Å². The van der Waals surface area contributed by atoms with Gasteiger partial charge in [-0.05, 0) is 45.7 Å². The molecule has 2 N–H and O–H groups in total. The Labute approximate surface area is 185 Å². The molecule has 7 nitrogen and oxygen atoms in total. The number of fused-ring (bicyclic) bond motifs is 1. The average Bonchev–Trinajstić information content (AvgIpc) is 3.07. The minimum atomic E-state index is -2.64. The third kappa shape index (κ3) is 4.79. The Morgan fingerprint density at radius 2 is 1.94 bits per heavy atom. The van der Waals surface area contributed by atoms with Crippen molar-refractivity contribution in [3.63, 3.8) is 0 Å². The maximum atomic E-state index is 15.1. The molecule has 2 aromatic rings. The Bertz CT molecular complexity index is 989. The number of aromatic nitrogens is 2. The Morgan fingerprint density at radius 3 is 2.53 bits per heavy atom. The van der Waals surface area contributed by atoms with Gasteiger partial charge in [0.25, 0.3) is 6.43 Å². The lowest BCUT2D eigenvalue weighted by Crippen LogP contribution is -2.65. The van der Waals surface area contributed by atoms with Crippen LogP contribution in [-0.2, 0) is 4.74 Å². The van der Waals surface area contributed by atoms with E-state index in [1.165, 1.54) is 17.0 Å². The molecular formula is C22H30F3N5O2. The molecule has 3 heterocycles. The van der Waals surface area contributed by atoms with Crippen molar-refractivity contribution in [1.82, 2.24) is 19.6 Å². The van der Waals surface area contributed by atoms with E-state index < -0.39 is 23.8 Å². The normalized spacial score (nSPS) is 20.0. The van der Waals surface area contributed by atoms with Crippen LogP contribution in [-0.4, -0.2) is 69.7 Å². The molecule has 1 aromatic carbocycles. The van der Waals surface area contributed by atoms with Crippen LogP contribution in [0.4, 0.5) is 23.7 Å². The minimum absolute atomic E-state index is 0.0419. The summed E-state index contributed by atoms with van der Waals surface area (Å²) in [4.78, 5) is 15.5. The van der Waals surface area contributed by atoms with Gasteiger partial charge in [0.2, 0.25) is 0 Å². The van der Waals surface area contributed by atoms with Crippen LogP contribution >= 0.6 is 0 Å². The molecule has 1 amide bonds. The SMILES string of the molecule is CC(C)(C)OC(=O)N1CC(F)(CN2CCC(n3cc4cc(N)c(C(F)F)cc4n3)CC2)C1. The van der Waals surface area contributed by atoms with Gasteiger partial charge in [0.1, 0.15) is 5.60 Å². The lowest BCUT2D eigenvalue weighted by molar-refractivity contribution is -0.0668. The van der Waals surface area contributed by atoms with Crippen LogP contribution in [0.3, 0.4) is 0 Å². The number of hydrogen-bond acceptors (Lipinski definition) is 5. The summed E-state index contributed by atoms with van der Waals surface area (Å²) in [5.41, 5.74) is 4.08. The number of likely N-dealkylation sites (tertiary alicyclic amines) is 2. The molecular weight excluding hydrogens is 423 g/mol. The molecule has 0 radical (unpaired) electrons. The number of nitrogen functional groups attached to an aromatic ring is 1. The summed E-state index contributed by atoms with van der Waals surface area (Å²) in [6, 6.07) is 3.00. The molecule has 1 aromatic heterocycles. The Kier molecular flexibility index (Phi) is 5.77. The monoisotopic (exact) mass is 453 g/mol. The predicted molar refractivity (Wildman–Crippen MR) is 115 cm³/mol. The number of rotatable bonds is 4. The highest BCUT2D eigenvalue weighted by Gasteiger charge is 2.48. The number of piperidine rings is 1. The van der Waals surface area contributed by atoms with Crippen molar-refractivity contribution in [3.05, 3.63) is 23.9 Å². The fourth-order valence-electron chi connectivity index (χ4n) is 4.44. The van der Waals surface area contributed by atoms with E-state index in [-0.39, 0.29) is 36.9 Å². The molecule has 10 heteroatoms. The van der Waals surface area contributed by atoms with Gasteiger partial charge in [-0.15, -0.1) is 0 Å². The van der Waals surface area contributed by atoms with E-state index in [2.05, 4.69) is 10.00 Å². The van der Waals surface area contributed by atoms with Crippen molar-refractivity contribution in [2.24, 2.45) is 0 Å². The van der Waals surface area contributed by atoms with Gasteiger partial charge in [-0.25, -0.2) is 18.0 Å². The van der Waals surface area contributed by atoms with Crippen LogP contribution in [0.1, 0.15) is 51.6 Å². The molecule has 32 heavy (non-hydrogen) atoms. The second kappa shape index (κ2) is 8.13. The number of alkyl halides is 3. The summed E-state index contributed by atoms with van der Waals surface area (Å²) in [6.07, 6.45) is 0.265. The van der Waals surface area contributed by atoms with Gasteiger partial charge in [-0.1, -0.05) is 0 Å². The number of nitrogens with two attached hydrogens (primary N) is 1. The zero-order valence-corrected chi connectivity index (χ0v) is 18.7. The van der Waals surface area contributed by atoms with Gasteiger partial charge in [0.15, 0.2) is 5.67 Å². The first-order valence-electron chi connectivity index (χ1n) is 10.9. The standard InChI is InChI=1S/C22H30F3N5O2/c1-21(2,3)32-20(31)29-12-22(25,13-29)11-28-6-4-15(5-7-28)30-10-14-8-17(26)16(19(23)24)9-18(14)27-30/h8-10,15,19H,4-7,11-13,26H2,1-3H3. The number of carbonyl (C=O) groups excluding carboxylic acids is 1. The number of nitrogens with zero attached hydrogens (tertiary/aromatic N) is 4. The minimum Gasteiger partial charge on any atom is -0.444 e. The van der Waals surface area contributed by atoms with Gasteiger partial charge in [-0.2, -0.15) is 5.10 Å². The van der Waals surface area contributed by atoms with Crippen LogP contribution in [0.5, 0.6) is 0 Å². The summed E-state index contributed by atoms with van der Waals surface area (Å²) >= 11 is 0. The van der Waals surface area contributed by atoms with Crippen LogP contribution in [0.2, 0.25) is 0 Å². The highest BCUT2D eigenvalue weighted by atomic mass is 19.3. The highest BCUT2D eigenvalue weighted by Crippen LogP contribution is 2.33. The van der Waals surface area contributed by atoms with Crippen molar-refractivity contribution in [1.29, 1.82) is 0 Å². The van der Waals surface area contributed by atoms with Gasteiger partial charge in [0.05, 0.1) is 24.6 Å². The highest BCUT2D eigenvalue weighted by molar-refractivity contribution is 5.83. The van der Waals surface area contributed by atoms with Gasteiger partial charge in [-0.3, -0.25) is 9.58 Å². The molecule has 0 bridgehead atoms. The van der Waals surface area contributed by atoms with E-state index in [1.54, 1.807) is 20.8 Å². The predicted octanol–water partition coefficient (Wildman–Crippen LogP) is 4.15. The number of carbonyl (C=O) groups is 1. The Hall–Kier alpha value is -2.49. The van der Waals surface area contributed by atoms with Crippen LogP contribution < -0.4 is 5.73 Å². The Morgan fingerprint density at radius 1 is 1.28 bits per heavy atom. The smallest absolute Gasteiger partial charge is 0.410 e. The number of amides is 1. The van der Waals surface area contributed by atoms with Gasteiger partial charge >= 0.3 is 6.09 Å². The zero-order valence-electron chi connectivity index (χ0n) is 18.7. The van der Waals surface area contributed by atoms with E-state index in [0.29, 0.717) is 18.6 Å². The summed E-state index contributed by atoms with van der Waals surface area (Å²) in [5.74, 6) is 0. The summed E-state index contributed by atoms with van der Waals surface area (Å²) in [5, 5.41) is 5.21. The van der Waals surface area contributed by atoms with E-state index in [1.807, 2.05) is 10.9 Å². The first kappa shape index (κ1) is 22.7. The summed E-state index contributed by atoms with van der Waals surface area (Å²) in [7, 11) is 0. The topological polar surface area (TPSA) is 76.6 Å². The second-order valence-corrected chi connectivity index (χ2v) is 9.94. The third-order valence-electron chi connectivity index (χ3n) is 6.00. The molecule has 2 saturated heterocycles. The van der Waals surface area contributed by atoms with E-state index >= 15 is 4.39 Å². The number of hydrogen-bond donors (Lipinski definition) is 1. The molecule has 0 atom stereocenters. The number of benzene rings is 1. The van der Waals surface area contributed by atoms with Gasteiger partial charge in [0, 0.05) is 42.5 Å². The fraction of sp³-hybridized carbons (Fsp3) is 0.636. The zero-order chi connectivity index (χ0) is 23.3. The molecule has 2 aliphatic rings. The van der Waals surface area contributed by atoms with E-state index in [4.69, 9.17) is 10.5 Å². The van der Waals surface area contributed by atoms with Crippen molar-refractivity contribution in [2.75, 3.05) is 38.5 Å². The molecule has 0 aliphatic carbocycles. The van der Waals surface area contributed by atoms with E-state index in [9.17, 15) is 13.6 Å². The second-order valence-electron chi connectivity index (χ2n) is 9.94. The Balaban J connectivity index is 1.31. The van der Waals surface area contributed by atoms with Gasteiger partial charge < -0.3 is 15.4 Å². The quantitative estimate of drug-likeness (QED) is 0.704. The fourth-order valence-corrected chi connectivity index (χ4v) is 4.44. The van der Waals surface area contributed by atoms with Crippen molar-refractivity contribution >= 4 is 22.7 Å². The molecule has 0 spiro atoms. The molecule has 2 fully saturated rings. The molecule has 0 unspecified atom stereocenters. The number of ether oxygens (including phenoxy) is 1. The van der Waals surface area contributed by atoms with Crippen LogP contribution in [0.15, 0.2) is 18.3 Å². The molecule has 176 valence electrons. The molecule has 2 aliphatic heterocycles. The average molecular weight is 454 g/mol. The maximum absolute atomic E-state index is 15.1. The first-order chi connectivity index (χ1) is 14.9. The lowest BCUT2D eigenvalue weighted by atomic mass is 9.94. The van der Waals surface area contributed by atoms with E-state index in [0.717, 1.165) is 18.2 Å². The first-order valence-corrected chi connectivity index (χ1v) is 10.9. The van der Waals surface area contributed by atoms with Crippen molar-refractivity contribution < 1.29 is 22.7 Å². The van der Waals surface area contributed by atoms with Crippen molar-refractivity contribution in [2.45, 2.75) is 57.3 Å². The maximum Gasteiger partial charge on any atom is 0.410 e. The van der Waals surface area contributed by atoms with Crippen molar-refractivity contribution in [3.8, 4) is 0 Å². The molecule has 4 rings (SSSR count). The lowest BCUT2D eigenvalue weighted by Gasteiger charge is -2.47. The third-order valence-corrected chi connectivity index (χ3v) is 6.00. The van der Waals surface area contributed by atoms with Crippen LogP contribution in [0.25, 0.3) is 10.9 Å². The number of halogens is 3. The summed E-state index contributed by atoms with van der Waals surface area (Å²) < 4.78 is 48.3.